The number of benzene rings is 1. The molecule has 2 saturated carbocycles. The van der Waals surface area contributed by atoms with Gasteiger partial charge in [-0.05, 0) is 79.5 Å². The van der Waals surface area contributed by atoms with Crippen LogP contribution >= 0.6 is 0 Å². The van der Waals surface area contributed by atoms with E-state index < -0.39 is 0 Å². The van der Waals surface area contributed by atoms with Crippen molar-refractivity contribution in [3.8, 4) is 5.75 Å². The molecule has 158 valence electrons. The molecule has 4 unspecified atom stereocenters. The molecular weight excluding hydrogens is 360 g/mol. The largest absolute Gasteiger partial charge is 0.427 e. The molecule has 0 aliphatic heterocycles. The van der Waals surface area contributed by atoms with Gasteiger partial charge in [0.05, 0.1) is 0 Å². The zero-order valence-electron chi connectivity index (χ0n) is 18.2. The first kappa shape index (κ1) is 20.6. The topological polar surface area (TPSA) is 43.4 Å². The Kier molecular flexibility index (Phi) is 6.13. The molecule has 3 aliphatic rings. The SMILES string of the molecule is CCCCCCCC(=O)Oc1ccc2c(c1)CCC1C2CCC2(C)C(=O)CCC12. The highest BCUT2D eigenvalue weighted by Crippen LogP contribution is 2.59. The van der Waals surface area contributed by atoms with Crippen LogP contribution in [-0.2, 0) is 16.0 Å². The van der Waals surface area contributed by atoms with Crippen molar-refractivity contribution in [1.29, 1.82) is 0 Å². The molecule has 1 aromatic rings. The van der Waals surface area contributed by atoms with Crippen LogP contribution in [-0.4, -0.2) is 11.8 Å². The van der Waals surface area contributed by atoms with Crippen molar-refractivity contribution >= 4 is 11.8 Å². The molecule has 29 heavy (non-hydrogen) atoms. The molecule has 3 nitrogen and oxygen atoms in total. The summed E-state index contributed by atoms with van der Waals surface area (Å²) in [6.45, 7) is 4.43. The molecule has 0 amide bonds. The highest BCUT2D eigenvalue weighted by atomic mass is 16.5. The van der Waals surface area contributed by atoms with E-state index in [2.05, 4.69) is 26.0 Å². The fraction of sp³-hybridized carbons (Fsp3) is 0.692. The molecule has 4 atom stereocenters. The first-order valence-corrected chi connectivity index (χ1v) is 11.9. The fourth-order valence-corrected chi connectivity index (χ4v) is 6.45. The number of hydrogen-bond acceptors (Lipinski definition) is 3. The first-order valence-electron chi connectivity index (χ1n) is 11.9. The summed E-state index contributed by atoms with van der Waals surface area (Å²) in [5, 5.41) is 0. The lowest BCUT2D eigenvalue weighted by Crippen LogP contribution is -2.42. The second-order valence-electron chi connectivity index (χ2n) is 9.83. The maximum atomic E-state index is 12.5. The predicted molar refractivity (Wildman–Crippen MR) is 115 cm³/mol. The molecule has 4 rings (SSSR count). The third-order valence-corrected chi connectivity index (χ3v) is 8.12. The van der Waals surface area contributed by atoms with E-state index >= 15 is 0 Å². The van der Waals surface area contributed by atoms with E-state index in [0.717, 1.165) is 44.9 Å². The van der Waals surface area contributed by atoms with Crippen molar-refractivity contribution in [2.75, 3.05) is 0 Å². The second-order valence-corrected chi connectivity index (χ2v) is 9.83. The number of carbonyl (C=O) groups excluding carboxylic acids is 2. The summed E-state index contributed by atoms with van der Waals surface area (Å²) in [5.41, 5.74) is 2.74. The average molecular weight is 397 g/mol. The molecule has 0 spiro atoms. The van der Waals surface area contributed by atoms with E-state index in [1.165, 1.54) is 36.8 Å². The Morgan fingerprint density at radius 2 is 1.93 bits per heavy atom. The number of ketones is 1. The van der Waals surface area contributed by atoms with Gasteiger partial charge < -0.3 is 4.74 Å². The molecule has 0 bridgehead atoms. The summed E-state index contributed by atoms with van der Waals surface area (Å²) >= 11 is 0. The van der Waals surface area contributed by atoms with E-state index in [1.807, 2.05) is 6.07 Å². The van der Waals surface area contributed by atoms with Crippen LogP contribution in [0.2, 0.25) is 0 Å². The summed E-state index contributed by atoms with van der Waals surface area (Å²) < 4.78 is 5.64. The molecule has 0 radical (unpaired) electrons. The van der Waals surface area contributed by atoms with Crippen LogP contribution < -0.4 is 4.74 Å². The molecule has 0 saturated heterocycles. The summed E-state index contributed by atoms with van der Waals surface area (Å²) in [5.74, 6) is 2.89. The second kappa shape index (κ2) is 8.62. The predicted octanol–water partition coefficient (Wildman–Crippen LogP) is 6.38. The number of hydrogen-bond donors (Lipinski definition) is 0. The lowest BCUT2D eigenvalue weighted by atomic mass is 9.55. The number of rotatable bonds is 7. The first-order chi connectivity index (χ1) is 14.0. The van der Waals surface area contributed by atoms with Crippen LogP contribution in [0.25, 0.3) is 0 Å². The molecule has 2 fully saturated rings. The molecule has 3 aliphatic carbocycles. The summed E-state index contributed by atoms with van der Waals surface area (Å²) in [6.07, 6.45) is 12.4. The van der Waals surface area contributed by atoms with Crippen LogP contribution in [0.1, 0.15) is 102 Å². The molecular formula is C26H36O3. The van der Waals surface area contributed by atoms with Gasteiger partial charge in [-0.3, -0.25) is 9.59 Å². The van der Waals surface area contributed by atoms with Crippen LogP contribution in [0.4, 0.5) is 0 Å². The molecule has 0 N–H and O–H groups in total. The number of esters is 1. The van der Waals surface area contributed by atoms with Crippen LogP contribution in [0.3, 0.4) is 0 Å². The third kappa shape index (κ3) is 4.02. The van der Waals surface area contributed by atoms with Gasteiger partial charge in [-0.1, -0.05) is 45.6 Å². The van der Waals surface area contributed by atoms with Gasteiger partial charge in [0.1, 0.15) is 11.5 Å². The molecule has 0 aromatic heterocycles. The maximum Gasteiger partial charge on any atom is 0.311 e. The van der Waals surface area contributed by atoms with Crippen molar-refractivity contribution < 1.29 is 14.3 Å². The Hall–Kier alpha value is -1.64. The molecule has 0 heterocycles. The minimum Gasteiger partial charge on any atom is -0.427 e. The highest BCUT2D eigenvalue weighted by molar-refractivity contribution is 5.87. The van der Waals surface area contributed by atoms with E-state index in [1.54, 1.807) is 0 Å². The van der Waals surface area contributed by atoms with E-state index in [4.69, 9.17) is 4.74 Å². The minimum atomic E-state index is -0.104. The molecule has 3 heteroatoms. The number of aryl methyl sites for hydroxylation is 1. The van der Waals surface area contributed by atoms with Crippen molar-refractivity contribution in [3.05, 3.63) is 29.3 Å². The Balaban J connectivity index is 1.39. The zero-order chi connectivity index (χ0) is 20.4. The lowest BCUT2D eigenvalue weighted by Gasteiger charge is -2.48. The Morgan fingerprint density at radius 3 is 2.76 bits per heavy atom. The van der Waals surface area contributed by atoms with Crippen LogP contribution in [0.15, 0.2) is 18.2 Å². The van der Waals surface area contributed by atoms with Crippen molar-refractivity contribution in [2.45, 2.75) is 96.8 Å². The lowest BCUT2D eigenvalue weighted by molar-refractivity contribution is -0.134. The monoisotopic (exact) mass is 396 g/mol. The number of Topliss-reactive ketones (excluding diaryl/α,β-unsaturated/α-hetero) is 1. The summed E-state index contributed by atoms with van der Waals surface area (Å²) in [4.78, 5) is 24.7. The summed E-state index contributed by atoms with van der Waals surface area (Å²) in [6, 6.07) is 6.30. The fourth-order valence-electron chi connectivity index (χ4n) is 6.45. The van der Waals surface area contributed by atoms with Crippen molar-refractivity contribution in [1.82, 2.24) is 0 Å². The van der Waals surface area contributed by atoms with Gasteiger partial charge in [0.2, 0.25) is 0 Å². The minimum absolute atomic E-state index is 0.0642. The number of ether oxygens (including phenoxy) is 1. The van der Waals surface area contributed by atoms with Gasteiger partial charge in [-0.25, -0.2) is 0 Å². The van der Waals surface area contributed by atoms with Gasteiger partial charge in [0.25, 0.3) is 0 Å². The molecule has 1 aromatic carbocycles. The number of unbranched alkanes of at least 4 members (excludes halogenated alkanes) is 4. The van der Waals surface area contributed by atoms with Crippen molar-refractivity contribution in [3.63, 3.8) is 0 Å². The van der Waals surface area contributed by atoms with E-state index in [-0.39, 0.29) is 11.4 Å². The standard InChI is InChI=1S/C26H36O3/c1-3-4-5-6-7-8-25(28)29-19-10-12-20-18(17-19)9-11-22-21(20)15-16-26(2)23(22)13-14-24(26)27/h10,12,17,21-23H,3-9,11,13-16H2,1-2H3. The van der Waals surface area contributed by atoms with Gasteiger partial charge >= 0.3 is 5.97 Å². The van der Waals surface area contributed by atoms with E-state index in [0.29, 0.717) is 35.7 Å². The Labute approximate surface area is 175 Å². The number of carbonyl (C=O) groups is 2. The normalized spacial score (nSPS) is 30.4. The average Bonchev–Trinajstić information content (AvgIpc) is 3.02. The Morgan fingerprint density at radius 1 is 1.10 bits per heavy atom. The highest BCUT2D eigenvalue weighted by Gasteiger charge is 2.54. The van der Waals surface area contributed by atoms with Crippen LogP contribution in [0, 0.1) is 17.3 Å². The van der Waals surface area contributed by atoms with E-state index in [9.17, 15) is 9.59 Å². The quantitative estimate of drug-likeness (QED) is 0.305. The van der Waals surface area contributed by atoms with Crippen LogP contribution in [0.5, 0.6) is 5.75 Å². The van der Waals surface area contributed by atoms with Gasteiger partial charge in [0, 0.05) is 18.3 Å². The number of fused-ring (bicyclic) bond motifs is 5. The maximum absolute atomic E-state index is 12.5. The van der Waals surface area contributed by atoms with Gasteiger partial charge in [-0.2, -0.15) is 0 Å². The van der Waals surface area contributed by atoms with Gasteiger partial charge in [0.15, 0.2) is 0 Å². The van der Waals surface area contributed by atoms with Crippen molar-refractivity contribution in [2.24, 2.45) is 17.3 Å². The summed E-state index contributed by atoms with van der Waals surface area (Å²) in [7, 11) is 0. The van der Waals surface area contributed by atoms with Gasteiger partial charge in [-0.15, -0.1) is 0 Å². The third-order valence-electron chi connectivity index (χ3n) is 8.12. The Bertz CT molecular complexity index is 767. The zero-order valence-corrected chi connectivity index (χ0v) is 18.2. The smallest absolute Gasteiger partial charge is 0.311 e.